The van der Waals surface area contributed by atoms with Crippen LogP contribution in [0.3, 0.4) is 0 Å². The lowest BCUT2D eigenvalue weighted by molar-refractivity contribution is 0.0956. The van der Waals surface area contributed by atoms with Gasteiger partial charge in [0.05, 0.1) is 6.10 Å². The van der Waals surface area contributed by atoms with E-state index in [1.807, 2.05) is 11.3 Å². The Morgan fingerprint density at radius 3 is 3.05 bits per heavy atom. The molecule has 0 aliphatic carbocycles. The maximum atomic E-state index is 5.81. The fourth-order valence-electron chi connectivity index (χ4n) is 3.26. The van der Waals surface area contributed by atoms with E-state index in [0.717, 1.165) is 26.0 Å². The third kappa shape index (κ3) is 3.04. The molecule has 0 amide bonds. The van der Waals surface area contributed by atoms with Crippen molar-refractivity contribution in [1.29, 1.82) is 0 Å². The lowest BCUT2D eigenvalue weighted by Gasteiger charge is -2.27. The number of nitrogens with one attached hydrogen (secondary N) is 1. The monoisotopic (exact) mass is 367 g/mol. The fraction of sp³-hybridized carbons (Fsp3) is 0.529. The fourth-order valence-corrected chi connectivity index (χ4v) is 4.92. The number of benzene rings is 1. The van der Waals surface area contributed by atoms with E-state index in [1.54, 1.807) is 0 Å². The SMILES string of the molecule is CCCNC(c1csc2c(Br)cccc12)C1CCOC1C. The van der Waals surface area contributed by atoms with Crippen molar-refractivity contribution in [2.24, 2.45) is 5.92 Å². The van der Waals surface area contributed by atoms with Gasteiger partial charge in [0.25, 0.3) is 0 Å². The van der Waals surface area contributed by atoms with Crippen molar-refractivity contribution in [2.75, 3.05) is 13.2 Å². The predicted octanol–water partition coefficient (Wildman–Crippen LogP) is 5.13. The molecule has 1 aliphatic heterocycles. The Hall–Kier alpha value is -0.420. The zero-order valence-electron chi connectivity index (χ0n) is 12.6. The molecule has 0 radical (unpaired) electrons. The van der Waals surface area contributed by atoms with E-state index in [0.29, 0.717) is 18.1 Å². The van der Waals surface area contributed by atoms with Crippen molar-refractivity contribution in [3.63, 3.8) is 0 Å². The number of ether oxygens (including phenoxy) is 1. The summed E-state index contributed by atoms with van der Waals surface area (Å²) in [6, 6.07) is 6.89. The summed E-state index contributed by atoms with van der Waals surface area (Å²) in [5.74, 6) is 0.563. The van der Waals surface area contributed by atoms with Gasteiger partial charge in [0, 0.05) is 27.7 Å². The van der Waals surface area contributed by atoms with Gasteiger partial charge in [-0.05, 0) is 64.6 Å². The molecule has 2 nitrogen and oxygen atoms in total. The van der Waals surface area contributed by atoms with Crippen LogP contribution < -0.4 is 5.32 Å². The van der Waals surface area contributed by atoms with Gasteiger partial charge in [-0.1, -0.05) is 19.1 Å². The summed E-state index contributed by atoms with van der Waals surface area (Å²) >= 11 is 5.51. The van der Waals surface area contributed by atoms with Crippen molar-refractivity contribution in [1.82, 2.24) is 5.32 Å². The van der Waals surface area contributed by atoms with Gasteiger partial charge < -0.3 is 10.1 Å². The minimum Gasteiger partial charge on any atom is -0.378 e. The molecular weight excluding hydrogens is 346 g/mol. The first-order valence-corrected chi connectivity index (χ1v) is 9.40. The molecule has 1 aliphatic rings. The van der Waals surface area contributed by atoms with E-state index in [2.05, 4.69) is 58.7 Å². The first-order valence-electron chi connectivity index (χ1n) is 7.73. The number of rotatable bonds is 5. The topological polar surface area (TPSA) is 21.3 Å². The lowest BCUT2D eigenvalue weighted by atomic mass is 9.88. The zero-order valence-corrected chi connectivity index (χ0v) is 15.0. The minimum atomic E-state index is 0.335. The van der Waals surface area contributed by atoms with Crippen molar-refractivity contribution in [3.8, 4) is 0 Å². The second-order valence-electron chi connectivity index (χ2n) is 5.77. The Labute approximate surface area is 139 Å². The summed E-state index contributed by atoms with van der Waals surface area (Å²) in [6.07, 6.45) is 2.64. The smallest absolute Gasteiger partial charge is 0.0594 e. The van der Waals surface area contributed by atoms with Crippen LogP contribution in [0.5, 0.6) is 0 Å². The molecule has 2 aromatic rings. The van der Waals surface area contributed by atoms with Crippen LogP contribution in [0.15, 0.2) is 28.1 Å². The molecule has 3 rings (SSSR count). The van der Waals surface area contributed by atoms with Crippen molar-refractivity contribution in [3.05, 3.63) is 33.6 Å². The second kappa shape index (κ2) is 6.78. The quantitative estimate of drug-likeness (QED) is 0.790. The third-order valence-corrected chi connectivity index (χ3v) is 6.36. The van der Waals surface area contributed by atoms with Crippen LogP contribution in [0.1, 0.15) is 38.3 Å². The molecule has 4 heteroatoms. The first kappa shape index (κ1) is 15.5. The Balaban J connectivity index is 1.99. The van der Waals surface area contributed by atoms with Crippen LogP contribution >= 0.6 is 27.3 Å². The van der Waals surface area contributed by atoms with Gasteiger partial charge in [0.1, 0.15) is 0 Å². The molecule has 1 saturated heterocycles. The van der Waals surface area contributed by atoms with Crippen LogP contribution in [0.25, 0.3) is 10.1 Å². The number of hydrogen-bond acceptors (Lipinski definition) is 3. The van der Waals surface area contributed by atoms with Crippen LogP contribution in [0.2, 0.25) is 0 Å². The first-order chi connectivity index (χ1) is 10.2. The summed E-state index contributed by atoms with van der Waals surface area (Å²) in [4.78, 5) is 0. The molecular formula is C17H22BrNOS. The second-order valence-corrected chi connectivity index (χ2v) is 7.50. The van der Waals surface area contributed by atoms with Crippen LogP contribution in [-0.2, 0) is 4.74 Å². The van der Waals surface area contributed by atoms with E-state index < -0.39 is 0 Å². The van der Waals surface area contributed by atoms with Crippen molar-refractivity contribution < 1.29 is 4.74 Å². The Kier molecular flexibility index (Phi) is 4.99. The van der Waals surface area contributed by atoms with Gasteiger partial charge in [-0.15, -0.1) is 11.3 Å². The standard InChI is InChI=1S/C17H22BrNOS/c1-3-8-19-16(12-7-9-20-11(12)2)14-10-21-17-13(14)5-4-6-15(17)18/h4-6,10-12,16,19H,3,7-9H2,1-2H3. The molecule has 21 heavy (non-hydrogen) atoms. The molecule has 1 N–H and O–H groups in total. The number of halogens is 1. The van der Waals surface area contributed by atoms with Gasteiger partial charge in [0.2, 0.25) is 0 Å². The highest BCUT2D eigenvalue weighted by molar-refractivity contribution is 9.10. The van der Waals surface area contributed by atoms with Crippen LogP contribution in [0, 0.1) is 5.92 Å². The van der Waals surface area contributed by atoms with Crippen LogP contribution in [0.4, 0.5) is 0 Å². The van der Waals surface area contributed by atoms with E-state index in [1.165, 1.54) is 20.1 Å². The molecule has 1 aromatic carbocycles. The maximum absolute atomic E-state index is 5.81. The maximum Gasteiger partial charge on any atom is 0.0594 e. The van der Waals surface area contributed by atoms with E-state index >= 15 is 0 Å². The Bertz CT molecular complexity index is 612. The van der Waals surface area contributed by atoms with E-state index in [9.17, 15) is 0 Å². The average Bonchev–Trinajstić information content (AvgIpc) is 3.08. The summed E-state index contributed by atoms with van der Waals surface area (Å²) in [5, 5.41) is 7.47. The van der Waals surface area contributed by atoms with Gasteiger partial charge in [-0.2, -0.15) is 0 Å². The molecule has 1 fully saturated rings. The molecule has 0 bridgehead atoms. The summed E-state index contributed by atoms with van der Waals surface area (Å²) in [7, 11) is 0. The highest BCUT2D eigenvalue weighted by Gasteiger charge is 2.33. The number of thiophene rings is 1. The largest absolute Gasteiger partial charge is 0.378 e. The van der Waals surface area contributed by atoms with Gasteiger partial charge in [-0.3, -0.25) is 0 Å². The molecule has 2 heterocycles. The number of hydrogen-bond donors (Lipinski definition) is 1. The van der Waals surface area contributed by atoms with Crippen molar-refractivity contribution in [2.45, 2.75) is 38.8 Å². The van der Waals surface area contributed by atoms with Gasteiger partial charge in [-0.25, -0.2) is 0 Å². The summed E-state index contributed by atoms with van der Waals surface area (Å²) < 4.78 is 8.36. The predicted molar refractivity (Wildman–Crippen MR) is 94.1 cm³/mol. The van der Waals surface area contributed by atoms with E-state index in [-0.39, 0.29) is 0 Å². The van der Waals surface area contributed by atoms with Gasteiger partial charge in [0.15, 0.2) is 0 Å². The average molecular weight is 368 g/mol. The normalized spacial score (nSPS) is 23.8. The molecule has 114 valence electrons. The summed E-state index contributed by atoms with van der Waals surface area (Å²) in [6.45, 7) is 6.38. The van der Waals surface area contributed by atoms with Crippen LogP contribution in [-0.4, -0.2) is 19.3 Å². The molecule has 3 atom stereocenters. The molecule has 1 aromatic heterocycles. The Morgan fingerprint density at radius 1 is 1.48 bits per heavy atom. The van der Waals surface area contributed by atoms with Gasteiger partial charge >= 0.3 is 0 Å². The third-order valence-electron chi connectivity index (χ3n) is 4.39. The van der Waals surface area contributed by atoms with E-state index in [4.69, 9.17) is 4.74 Å². The zero-order chi connectivity index (χ0) is 14.8. The van der Waals surface area contributed by atoms with Crippen molar-refractivity contribution >= 4 is 37.4 Å². The highest BCUT2D eigenvalue weighted by atomic mass is 79.9. The summed E-state index contributed by atoms with van der Waals surface area (Å²) in [5.41, 5.74) is 1.44. The number of fused-ring (bicyclic) bond motifs is 1. The molecule has 0 spiro atoms. The Morgan fingerprint density at radius 2 is 2.33 bits per heavy atom. The lowest BCUT2D eigenvalue weighted by Crippen LogP contribution is -2.32. The molecule has 3 unspecified atom stereocenters. The minimum absolute atomic E-state index is 0.335. The molecule has 0 saturated carbocycles. The highest BCUT2D eigenvalue weighted by Crippen LogP contribution is 2.40.